The van der Waals surface area contributed by atoms with Crippen LogP contribution in [0.5, 0.6) is 11.5 Å². The van der Waals surface area contributed by atoms with Gasteiger partial charge in [-0.3, -0.25) is 14.5 Å². The highest BCUT2D eigenvalue weighted by molar-refractivity contribution is 6.07. The van der Waals surface area contributed by atoms with Crippen molar-refractivity contribution in [1.29, 1.82) is 0 Å². The summed E-state index contributed by atoms with van der Waals surface area (Å²) in [6.45, 7) is 4.32. The van der Waals surface area contributed by atoms with Crippen molar-refractivity contribution in [2.24, 2.45) is 11.3 Å². The molecule has 3 aromatic carbocycles. The molecule has 1 aliphatic heterocycles. The summed E-state index contributed by atoms with van der Waals surface area (Å²) in [4.78, 5) is 29.8. The van der Waals surface area contributed by atoms with Crippen LogP contribution in [-0.2, 0) is 16.2 Å². The molecule has 7 heteroatoms. The zero-order valence-corrected chi connectivity index (χ0v) is 23.5. The summed E-state index contributed by atoms with van der Waals surface area (Å²) >= 11 is 0. The number of amides is 1. The molecule has 0 unspecified atom stereocenters. The van der Waals surface area contributed by atoms with Crippen LogP contribution in [0.25, 0.3) is 0 Å². The Balaban J connectivity index is 1.49. The molecule has 6 nitrogen and oxygen atoms in total. The van der Waals surface area contributed by atoms with Crippen LogP contribution in [0.1, 0.15) is 69.5 Å². The van der Waals surface area contributed by atoms with E-state index in [0.717, 1.165) is 31.2 Å². The lowest BCUT2D eigenvalue weighted by Gasteiger charge is -2.38. The van der Waals surface area contributed by atoms with E-state index in [0.29, 0.717) is 34.8 Å². The number of carbonyl (C=O) groups excluding carboxylic acids is 2. The van der Waals surface area contributed by atoms with Gasteiger partial charge in [0.15, 0.2) is 5.78 Å². The Kier molecular flexibility index (Phi) is 7.06. The third-order valence-electron chi connectivity index (χ3n) is 8.46. The van der Waals surface area contributed by atoms with Gasteiger partial charge in [0, 0.05) is 35.2 Å². The highest BCUT2D eigenvalue weighted by atomic mass is 19.1. The van der Waals surface area contributed by atoms with E-state index in [2.05, 4.69) is 5.32 Å². The van der Waals surface area contributed by atoms with E-state index in [1.54, 1.807) is 35.2 Å². The van der Waals surface area contributed by atoms with E-state index in [-0.39, 0.29) is 47.4 Å². The second-order valence-corrected chi connectivity index (χ2v) is 12.2. The van der Waals surface area contributed by atoms with Crippen LogP contribution >= 0.6 is 0 Å². The van der Waals surface area contributed by atoms with Gasteiger partial charge >= 0.3 is 0 Å². The smallest absolute Gasteiger partial charge is 0.231 e. The molecule has 1 atom stereocenters. The number of nitrogens with one attached hydrogen (secondary N) is 1. The minimum atomic E-state index is -0.986. The van der Waals surface area contributed by atoms with E-state index < -0.39 is 11.9 Å². The minimum Gasteiger partial charge on any atom is -0.506 e. The van der Waals surface area contributed by atoms with Crippen molar-refractivity contribution in [3.8, 4) is 11.5 Å². The van der Waals surface area contributed by atoms with Crippen LogP contribution in [0.15, 0.2) is 78.0 Å². The average molecular weight is 555 g/mol. The van der Waals surface area contributed by atoms with E-state index in [4.69, 9.17) is 4.74 Å². The normalized spacial score (nSPS) is 20.2. The van der Waals surface area contributed by atoms with Crippen LogP contribution in [0.4, 0.5) is 15.8 Å². The molecule has 6 rings (SSSR count). The molecule has 2 N–H and O–H groups in total. The molecule has 3 aliphatic rings. The third-order valence-corrected chi connectivity index (χ3v) is 8.46. The second kappa shape index (κ2) is 10.7. The lowest BCUT2D eigenvalue weighted by molar-refractivity contribution is -0.122. The van der Waals surface area contributed by atoms with Gasteiger partial charge in [-0.25, -0.2) is 4.39 Å². The minimum absolute atomic E-state index is 0.0276. The zero-order chi connectivity index (χ0) is 28.7. The molecule has 1 saturated carbocycles. The predicted molar refractivity (Wildman–Crippen MR) is 156 cm³/mol. The fraction of sp³-hybridized carbons (Fsp3) is 0.353. The first kappa shape index (κ1) is 27.1. The standard InChI is InChI=1S/C34H35FN2O4/c1-34(2)18-26-30(29(39)19-34)32(24-16-15-23(17-25(24)35)41-20-21-9-4-3-5-10-21)37(33(40)22-11-6-7-12-22)27-13-8-14-28(38)31(27)36-26/h3-5,8-10,13-17,22,32,36,38H,6-7,11-12,18-20H2,1-2H3/t32-/m0/s1. The van der Waals surface area contributed by atoms with Crippen LogP contribution < -0.4 is 15.0 Å². The van der Waals surface area contributed by atoms with Gasteiger partial charge in [-0.1, -0.05) is 63.1 Å². The number of ether oxygens (including phenoxy) is 1. The summed E-state index contributed by atoms with van der Waals surface area (Å²) < 4.78 is 22.1. The summed E-state index contributed by atoms with van der Waals surface area (Å²) in [5.41, 5.74) is 2.64. The first-order valence-corrected chi connectivity index (χ1v) is 14.4. The van der Waals surface area contributed by atoms with Gasteiger partial charge in [0.1, 0.15) is 29.6 Å². The summed E-state index contributed by atoms with van der Waals surface area (Å²) in [6, 6.07) is 18.3. The molecular weight excluding hydrogens is 519 g/mol. The number of aromatic hydroxyl groups is 1. The number of Topliss-reactive ketones (excluding diaryl/α,β-unsaturated/α-hetero) is 1. The summed E-state index contributed by atoms with van der Waals surface area (Å²) in [5, 5.41) is 14.3. The molecule has 2 aliphatic carbocycles. The van der Waals surface area contributed by atoms with E-state index in [1.807, 2.05) is 44.2 Å². The van der Waals surface area contributed by atoms with Crippen molar-refractivity contribution in [3.63, 3.8) is 0 Å². The van der Waals surface area contributed by atoms with Crippen molar-refractivity contribution in [3.05, 3.63) is 94.9 Å². The fourth-order valence-corrected chi connectivity index (χ4v) is 6.51. The maximum absolute atomic E-state index is 16.2. The largest absolute Gasteiger partial charge is 0.506 e. The van der Waals surface area contributed by atoms with E-state index in [1.165, 1.54) is 6.07 Å². The van der Waals surface area contributed by atoms with Crippen molar-refractivity contribution in [2.45, 2.75) is 65.0 Å². The number of para-hydroxylation sites is 1. The predicted octanol–water partition coefficient (Wildman–Crippen LogP) is 7.44. The van der Waals surface area contributed by atoms with E-state index in [9.17, 15) is 14.7 Å². The first-order valence-electron chi connectivity index (χ1n) is 14.4. The van der Waals surface area contributed by atoms with Gasteiger partial charge in [0.05, 0.1) is 11.7 Å². The first-order chi connectivity index (χ1) is 19.7. The van der Waals surface area contributed by atoms with Gasteiger partial charge in [-0.2, -0.15) is 0 Å². The summed E-state index contributed by atoms with van der Waals surface area (Å²) in [6.07, 6.45) is 4.17. The number of hydrogen-bond acceptors (Lipinski definition) is 5. The number of ketones is 1. The maximum atomic E-state index is 16.2. The molecule has 1 fully saturated rings. The van der Waals surface area contributed by atoms with Crippen molar-refractivity contribution >= 4 is 23.1 Å². The zero-order valence-electron chi connectivity index (χ0n) is 23.5. The second-order valence-electron chi connectivity index (χ2n) is 12.2. The molecule has 1 heterocycles. The number of anilines is 2. The number of fused-ring (bicyclic) bond motifs is 1. The lowest BCUT2D eigenvalue weighted by Crippen LogP contribution is -2.42. The van der Waals surface area contributed by atoms with Gasteiger partial charge in [-0.05, 0) is 54.5 Å². The number of nitrogens with zero attached hydrogens (tertiary/aromatic N) is 1. The Morgan fingerprint density at radius 3 is 2.54 bits per heavy atom. The molecule has 0 radical (unpaired) electrons. The van der Waals surface area contributed by atoms with Crippen LogP contribution in [0.3, 0.4) is 0 Å². The van der Waals surface area contributed by atoms with Crippen molar-refractivity contribution < 1.29 is 23.8 Å². The number of carbonyl (C=O) groups is 2. The van der Waals surface area contributed by atoms with Crippen molar-refractivity contribution in [2.75, 3.05) is 10.2 Å². The monoisotopic (exact) mass is 554 g/mol. The summed E-state index contributed by atoms with van der Waals surface area (Å²) in [5.74, 6) is -0.746. The third kappa shape index (κ3) is 5.21. The molecule has 0 saturated heterocycles. The highest BCUT2D eigenvalue weighted by Crippen LogP contribution is 2.51. The quantitative estimate of drug-likeness (QED) is 0.321. The van der Waals surface area contributed by atoms with Crippen LogP contribution in [0, 0.1) is 17.2 Å². The number of hydrogen-bond donors (Lipinski definition) is 2. The van der Waals surface area contributed by atoms with Gasteiger partial charge in [0.2, 0.25) is 5.91 Å². The Labute approximate surface area is 239 Å². The number of phenolic OH excluding ortho intramolecular Hbond substituents is 1. The fourth-order valence-electron chi connectivity index (χ4n) is 6.51. The SMILES string of the molecule is CC1(C)CC(=O)C2=C(C1)Nc1c(O)cccc1N(C(=O)C1CCCC1)[C@H]2c1ccc(OCc2ccccc2)cc1F. The Bertz CT molecular complexity index is 1520. The van der Waals surface area contributed by atoms with Crippen LogP contribution in [-0.4, -0.2) is 16.8 Å². The van der Waals surface area contributed by atoms with Gasteiger partial charge < -0.3 is 15.2 Å². The number of allylic oxidation sites excluding steroid dienone is 1. The number of halogens is 1. The average Bonchev–Trinajstić information content (AvgIpc) is 3.43. The molecule has 0 spiro atoms. The molecular formula is C34H35FN2O4. The Morgan fingerprint density at radius 2 is 1.80 bits per heavy atom. The molecule has 3 aromatic rings. The maximum Gasteiger partial charge on any atom is 0.231 e. The van der Waals surface area contributed by atoms with Gasteiger partial charge in [-0.15, -0.1) is 0 Å². The Hall–Kier alpha value is -4.13. The molecule has 0 bridgehead atoms. The number of phenols is 1. The number of benzene rings is 3. The molecule has 212 valence electrons. The number of rotatable bonds is 5. The molecule has 0 aromatic heterocycles. The van der Waals surface area contributed by atoms with E-state index >= 15 is 4.39 Å². The summed E-state index contributed by atoms with van der Waals surface area (Å²) in [7, 11) is 0. The molecule has 41 heavy (non-hydrogen) atoms. The van der Waals surface area contributed by atoms with Crippen molar-refractivity contribution in [1.82, 2.24) is 0 Å². The lowest BCUT2D eigenvalue weighted by atomic mass is 9.73. The van der Waals surface area contributed by atoms with Gasteiger partial charge in [0.25, 0.3) is 0 Å². The topological polar surface area (TPSA) is 78.9 Å². The molecule has 1 amide bonds. The Morgan fingerprint density at radius 1 is 1.05 bits per heavy atom. The highest BCUT2D eigenvalue weighted by Gasteiger charge is 2.45. The van der Waals surface area contributed by atoms with Crippen LogP contribution in [0.2, 0.25) is 0 Å².